The van der Waals surface area contributed by atoms with Gasteiger partial charge in [0.15, 0.2) is 5.82 Å². The number of hydrogen-bond acceptors (Lipinski definition) is 5. The fourth-order valence-electron chi connectivity index (χ4n) is 1.93. The predicted molar refractivity (Wildman–Crippen MR) is 79.8 cm³/mol. The highest BCUT2D eigenvalue weighted by atomic mass is 32.2. The predicted octanol–water partition coefficient (Wildman–Crippen LogP) is 1.09. The van der Waals surface area contributed by atoms with Gasteiger partial charge in [0, 0.05) is 26.0 Å². The molecule has 0 aliphatic rings. The van der Waals surface area contributed by atoms with Gasteiger partial charge in [0.1, 0.15) is 4.90 Å². The van der Waals surface area contributed by atoms with Crippen LogP contribution in [0.4, 0.5) is 5.82 Å². The lowest BCUT2D eigenvalue weighted by Crippen LogP contribution is -2.27. The first-order chi connectivity index (χ1) is 9.95. The van der Waals surface area contributed by atoms with Gasteiger partial charge in [-0.05, 0) is 18.6 Å². The largest absolute Gasteiger partial charge is 0.381 e. The Balaban J connectivity index is 2.24. The molecule has 0 saturated carbocycles. The monoisotopic (exact) mass is 309 g/mol. The van der Waals surface area contributed by atoms with E-state index in [0.717, 1.165) is 6.42 Å². The van der Waals surface area contributed by atoms with E-state index in [-0.39, 0.29) is 17.3 Å². The Morgan fingerprint density at radius 2 is 2.14 bits per heavy atom. The maximum atomic E-state index is 12.5. The van der Waals surface area contributed by atoms with Gasteiger partial charge in [0.25, 0.3) is 0 Å². The van der Waals surface area contributed by atoms with E-state index >= 15 is 0 Å². The van der Waals surface area contributed by atoms with Gasteiger partial charge in [-0.25, -0.2) is 8.42 Å². The van der Waals surface area contributed by atoms with Gasteiger partial charge in [-0.3, -0.25) is 9.67 Å². The first-order valence-electron chi connectivity index (χ1n) is 6.64. The third-order valence-electron chi connectivity index (χ3n) is 3.01. The molecule has 2 N–H and O–H groups in total. The van der Waals surface area contributed by atoms with Crippen molar-refractivity contribution in [3.63, 3.8) is 0 Å². The molecule has 0 unspecified atom stereocenters. The summed E-state index contributed by atoms with van der Waals surface area (Å²) in [5.41, 5.74) is 6.41. The number of rotatable bonds is 6. The highest BCUT2D eigenvalue weighted by Gasteiger charge is 2.26. The van der Waals surface area contributed by atoms with Crippen molar-refractivity contribution in [1.82, 2.24) is 19.1 Å². The van der Waals surface area contributed by atoms with Gasteiger partial charge in [0.05, 0.1) is 12.2 Å². The molecule has 0 saturated heterocycles. The van der Waals surface area contributed by atoms with E-state index in [0.29, 0.717) is 12.2 Å². The molecule has 0 bridgehead atoms. The topological polar surface area (TPSA) is 94.1 Å². The third kappa shape index (κ3) is 3.40. The number of nitrogens with zero attached hydrogens (tertiary/aromatic N) is 4. The Labute approximate surface area is 124 Å². The molecule has 0 amide bonds. The van der Waals surface area contributed by atoms with E-state index in [1.165, 1.54) is 17.5 Å². The number of pyridine rings is 1. The molecule has 21 heavy (non-hydrogen) atoms. The van der Waals surface area contributed by atoms with Crippen LogP contribution in [-0.4, -0.2) is 34.5 Å². The van der Waals surface area contributed by atoms with Crippen LogP contribution < -0.4 is 5.73 Å². The van der Waals surface area contributed by atoms with Crippen LogP contribution in [0.2, 0.25) is 0 Å². The van der Waals surface area contributed by atoms with Crippen LogP contribution >= 0.6 is 0 Å². The summed E-state index contributed by atoms with van der Waals surface area (Å²) < 4.78 is 27.9. The van der Waals surface area contributed by atoms with Crippen LogP contribution in [0.1, 0.15) is 19.0 Å². The van der Waals surface area contributed by atoms with E-state index in [1.807, 2.05) is 13.0 Å². The summed E-state index contributed by atoms with van der Waals surface area (Å²) in [6, 6.07) is 5.37. The number of aryl methyl sites for hydroxylation is 1. The van der Waals surface area contributed by atoms with Gasteiger partial charge in [-0.2, -0.15) is 9.40 Å². The fraction of sp³-hybridized carbons (Fsp3) is 0.385. The second kappa shape index (κ2) is 6.23. The molecule has 0 spiro atoms. The average Bonchev–Trinajstić information content (AvgIpc) is 2.82. The first kappa shape index (κ1) is 15.5. The molecule has 7 nitrogen and oxygen atoms in total. The van der Waals surface area contributed by atoms with Crippen molar-refractivity contribution >= 4 is 15.8 Å². The molecule has 0 atom stereocenters. The minimum Gasteiger partial charge on any atom is -0.381 e. The van der Waals surface area contributed by atoms with E-state index in [4.69, 9.17) is 5.73 Å². The number of nitrogens with two attached hydrogens (primary N) is 1. The summed E-state index contributed by atoms with van der Waals surface area (Å²) in [6.45, 7) is 2.80. The standard InChI is InChI=1S/C13H19N5O2S/c1-3-8-18-10-12(13(14)16-18)21(19,20)17(2)9-11-6-4-5-7-15-11/h4-7,10H,3,8-9H2,1-2H3,(H2,14,16). The van der Waals surface area contributed by atoms with Crippen molar-refractivity contribution in [2.75, 3.05) is 12.8 Å². The summed E-state index contributed by atoms with van der Waals surface area (Å²) >= 11 is 0. The lowest BCUT2D eigenvalue weighted by molar-refractivity contribution is 0.462. The Morgan fingerprint density at radius 1 is 1.38 bits per heavy atom. The normalized spacial score (nSPS) is 12.0. The van der Waals surface area contributed by atoms with E-state index < -0.39 is 10.0 Å². The molecule has 0 aliphatic carbocycles. The van der Waals surface area contributed by atoms with E-state index in [2.05, 4.69) is 10.1 Å². The average molecular weight is 309 g/mol. The summed E-state index contributed by atoms with van der Waals surface area (Å²) in [5, 5.41) is 4.03. The van der Waals surface area contributed by atoms with Crippen LogP contribution in [0.15, 0.2) is 35.5 Å². The zero-order valence-electron chi connectivity index (χ0n) is 12.1. The molecule has 0 fully saturated rings. The van der Waals surface area contributed by atoms with Gasteiger partial charge in [0.2, 0.25) is 10.0 Å². The van der Waals surface area contributed by atoms with E-state index in [9.17, 15) is 8.42 Å². The molecule has 0 aromatic carbocycles. The molecular weight excluding hydrogens is 290 g/mol. The molecule has 2 aromatic rings. The highest BCUT2D eigenvalue weighted by molar-refractivity contribution is 7.89. The zero-order valence-corrected chi connectivity index (χ0v) is 12.9. The maximum absolute atomic E-state index is 12.5. The Kier molecular flexibility index (Phi) is 4.59. The quantitative estimate of drug-likeness (QED) is 0.862. The second-order valence-electron chi connectivity index (χ2n) is 4.72. The van der Waals surface area contributed by atoms with Gasteiger partial charge in [-0.15, -0.1) is 0 Å². The van der Waals surface area contributed by atoms with Crippen molar-refractivity contribution in [2.24, 2.45) is 0 Å². The Hall–Kier alpha value is -1.93. The lowest BCUT2D eigenvalue weighted by Gasteiger charge is -2.15. The van der Waals surface area contributed by atoms with Gasteiger partial charge in [-0.1, -0.05) is 13.0 Å². The summed E-state index contributed by atoms with van der Waals surface area (Å²) in [5.74, 6) is 0.0244. The highest BCUT2D eigenvalue weighted by Crippen LogP contribution is 2.21. The molecule has 0 radical (unpaired) electrons. The third-order valence-corrected chi connectivity index (χ3v) is 4.83. The number of anilines is 1. The molecular formula is C13H19N5O2S. The lowest BCUT2D eigenvalue weighted by atomic mass is 10.3. The fourth-order valence-corrected chi connectivity index (χ4v) is 3.13. The summed E-state index contributed by atoms with van der Waals surface area (Å²) in [6.07, 6.45) is 3.96. The molecule has 8 heteroatoms. The van der Waals surface area contributed by atoms with Crippen LogP contribution in [-0.2, 0) is 23.1 Å². The molecule has 2 rings (SSSR count). The molecule has 2 aromatic heterocycles. The number of nitrogen functional groups attached to an aromatic ring is 1. The first-order valence-corrected chi connectivity index (χ1v) is 8.08. The van der Waals surface area contributed by atoms with Crippen molar-refractivity contribution in [1.29, 1.82) is 0 Å². The van der Waals surface area contributed by atoms with Crippen LogP contribution in [0.3, 0.4) is 0 Å². The van der Waals surface area contributed by atoms with Crippen molar-refractivity contribution < 1.29 is 8.42 Å². The minimum atomic E-state index is -3.68. The van der Waals surface area contributed by atoms with E-state index in [1.54, 1.807) is 23.0 Å². The maximum Gasteiger partial charge on any atom is 0.248 e. The molecule has 114 valence electrons. The van der Waals surface area contributed by atoms with Gasteiger partial charge >= 0.3 is 0 Å². The molecule has 2 heterocycles. The number of sulfonamides is 1. The summed E-state index contributed by atoms with van der Waals surface area (Å²) in [4.78, 5) is 4.16. The van der Waals surface area contributed by atoms with Crippen molar-refractivity contribution in [3.8, 4) is 0 Å². The minimum absolute atomic E-state index is 0.0244. The Bertz CT molecular complexity index is 697. The van der Waals surface area contributed by atoms with Crippen LogP contribution in [0.25, 0.3) is 0 Å². The Morgan fingerprint density at radius 3 is 2.76 bits per heavy atom. The zero-order chi connectivity index (χ0) is 15.5. The smallest absolute Gasteiger partial charge is 0.248 e. The van der Waals surface area contributed by atoms with Gasteiger partial charge < -0.3 is 5.73 Å². The SMILES string of the molecule is CCCn1cc(S(=O)(=O)N(C)Cc2ccccn2)c(N)n1. The van der Waals surface area contributed by atoms with Crippen LogP contribution in [0, 0.1) is 0 Å². The van der Waals surface area contributed by atoms with Crippen molar-refractivity contribution in [3.05, 3.63) is 36.3 Å². The summed E-state index contributed by atoms with van der Waals surface area (Å²) in [7, 11) is -2.18. The molecule has 0 aliphatic heterocycles. The van der Waals surface area contributed by atoms with Crippen LogP contribution in [0.5, 0.6) is 0 Å². The second-order valence-corrected chi connectivity index (χ2v) is 6.74. The number of hydrogen-bond donors (Lipinski definition) is 1. The number of aromatic nitrogens is 3. The van der Waals surface area contributed by atoms with Crippen molar-refractivity contribution in [2.45, 2.75) is 31.3 Å².